The first-order valence-corrected chi connectivity index (χ1v) is 14.1. The number of amides is 2. The number of ether oxygens (including phenoxy) is 2. The Hall–Kier alpha value is -4.37. The van der Waals surface area contributed by atoms with Crippen molar-refractivity contribution in [1.82, 2.24) is 14.9 Å². The molecular weight excluding hydrogens is 536 g/mol. The molecule has 3 aromatic carbocycles. The fraction of sp³-hybridized carbons (Fsp3) is 0.250. The molecule has 0 aliphatic rings. The molecule has 1 N–H and O–H groups in total. The van der Waals surface area contributed by atoms with Crippen LogP contribution in [-0.2, 0) is 16.1 Å². The maximum atomic E-state index is 14.0. The lowest BCUT2D eigenvalue weighted by molar-refractivity contribution is -0.137. The molecule has 9 heteroatoms. The molecule has 0 saturated heterocycles. The molecule has 0 radical (unpaired) electrons. The van der Waals surface area contributed by atoms with Gasteiger partial charge in [-0.15, -0.1) is 0 Å². The fourth-order valence-electron chi connectivity index (χ4n) is 4.41. The summed E-state index contributed by atoms with van der Waals surface area (Å²) < 4.78 is 10.6. The van der Waals surface area contributed by atoms with Crippen molar-refractivity contribution in [1.29, 1.82) is 0 Å². The van der Waals surface area contributed by atoms with Gasteiger partial charge in [0, 0.05) is 23.6 Å². The highest BCUT2D eigenvalue weighted by molar-refractivity contribution is 7.99. The summed E-state index contributed by atoms with van der Waals surface area (Å²) in [5.41, 5.74) is 4.89. The molecule has 8 nitrogen and oxygen atoms in total. The van der Waals surface area contributed by atoms with Crippen LogP contribution in [0.4, 0.5) is 5.69 Å². The van der Waals surface area contributed by atoms with Crippen molar-refractivity contribution in [3.05, 3.63) is 107 Å². The topological polar surface area (TPSA) is 93.7 Å². The van der Waals surface area contributed by atoms with Crippen LogP contribution >= 0.6 is 11.8 Å². The van der Waals surface area contributed by atoms with E-state index in [0.717, 1.165) is 22.5 Å². The van der Waals surface area contributed by atoms with E-state index < -0.39 is 6.04 Å². The van der Waals surface area contributed by atoms with Gasteiger partial charge >= 0.3 is 0 Å². The zero-order valence-corrected chi connectivity index (χ0v) is 24.7. The smallest absolute Gasteiger partial charge is 0.251 e. The first-order chi connectivity index (χ1) is 19.8. The van der Waals surface area contributed by atoms with E-state index in [1.165, 1.54) is 11.8 Å². The minimum atomic E-state index is -0.920. The maximum Gasteiger partial charge on any atom is 0.251 e. The van der Waals surface area contributed by atoms with E-state index >= 15 is 0 Å². The van der Waals surface area contributed by atoms with Gasteiger partial charge in [0.1, 0.15) is 17.5 Å². The third-order valence-electron chi connectivity index (χ3n) is 6.56. The standard InChI is InChI=1S/C32H34N4O4S/c1-21-8-6-7-9-25(21)19-36(29(37)20-41-32-33-22(2)18-23(3)34-32)30(24-10-14-27(39-4)15-11-24)31(38)35-26-12-16-28(40-5)17-13-26/h6-18,30H,19-20H2,1-5H3,(H,35,38). The second-order valence-electron chi connectivity index (χ2n) is 9.56. The van der Waals surface area contributed by atoms with Crippen molar-refractivity contribution in [2.24, 2.45) is 0 Å². The van der Waals surface area contributed by atoms with Crippen LogP contribution < -0.4 is 14.8 Å². The molecule has 1 atom stereocenters. The first-order valence-electron chi connectivity index (χ1n) is 13.2. The summed E-state index contributed by atoms with van der Waals surface area (Å²) in [4.78, 5) is 38.6. The Morgan fingerprint density at radius 2 is 1.44 bits per heavy atom. The number of thioether (sulfide) groups is 1. The Labute approximate surface area is 245 Å². The Kier molecular flexibility index (Phi) is 9.97. The van der Waals surface area contributed by atoms with Crippen molar-refractivity contribution >= 4 is 29.3 Å². The monoisotopic (exact) mass is 570 g/mol. The molecule has 2 amide bonds. The highest BCUT2D eigenvalue weighted by Crippen LogP contribution is 2.29. The van der Waals surface area contributed by atoms with Crippen LogP contribution in [0.5, 0.6) is 11.5 Å². The van der Waals surface area contributed by atoms with Gasteiger partial charge in [-0.1, -0.05) is 48.2 Å². The Morgan fingerprint density at radius 1 is 0.854 bits per heavy atom. The minimum Gasteiger partial charge on any atom is -0.497 e. The van der Waals surface area contributed by atoms with E-state index in [0.29, 0.717) is 27.9 Å². The Bertz CT molecular complexity index is 1470. The molecule has 41 heavy (non-hydrogen) atoms. The van der Waals surface area contributed by atoms with Crippen molar-refractivity contribution in [3.8, 4) is 11.5 Å². The fourth-order valence-corrected chi connectivity index (χ4v) is 5.24. The van der Waals surface area contributed by atoms with Gasteiger partial charge in [0.15, 0.2) is 5.16 Å². The van der Waals surface area contributed by atoms with Crippen LogP contribution in [0.15, 0.2) is 84.0 Å². The summed E-state index contributed by atoms with van der Waals surface area (Å²) in [7, 11) is 3.17. The molecule has 4 rings (SSSR count). The van der Waals surface area contributed by atoms with Gasteiger partial charge in [-0.2, -0.15) is 0 Å². The quantitative estimate of drug-likeness (QED) is 0.177. The predicted molar refractivity (Wildman–Crippen MR) is 161 cm³/mol. The Morgan fingerprint density at radius 3 is 2.02 bits per heavy atom. The lowest BCUT2D eigenvalue weighted by Crippen LogP contribution is -2.42. The molecule has 212 valence electrons. The van der Waals surface area contributed by atoms with Crippen LogP contribution in [0.25, 0.3) is 0 Å². The van der Waals surface area contributed by atoms with Gasteiger partial charge in [-0.05, 0) is 79.9 Å². The Balaban J connectivity index is 1.71. The number of aryl methyl sites for hydroxylation is 3. The second-order valence-corrected chi connectivity index (χ2v) is 10.5. The van der Waals surface area contributed by atoms with E-state index in [4.69, 9.17) is 9.47 Å². The van der Waals surface area contributed by atoms with E-state index in [9.17, 15) is 9.59 Å². The minimum absolute atomic E-state index is 0.0667. The van der Waals surface area contributed by atoms with Crippen molar-refractivity contribution in [3.63, 3.8) is 0 Å². The van der Waals surface area contributed by atoms with Crippen molar-refractivity contribution < 1.29 is 19.1 Å². The molecular formula is C32H34N4O4S. The summed E-state index contributed by atoms with van der Waals surface area (Å²) in [6, 6.07) is 23.1. The SMILES string of the molecule is COc1ccc(NC(=O)C(c2ccc(OC)cc2)N(Cc2ccccc2C)C(=O)CSc2nc(C)cc(C)n2)cc1. The predicted octanol–water partition coefficient (Wildman–Crippen LogP) is 5.92. The van der Waals surface area contributed by atoms with Crippen LogP contribution in [0.1, 0.15) is 34.1 Å². The zero-order chi connectivity index (χ0) is 29.4. The van der Waals surface area contributed by atoms with Gasteiger partial charge in [0.25, 0.3) is 5.91 Å². The summed E-state index contributed by atoms with van der Waals surface area (Å²) in [6.07, 6.45) is 0. The highest BCUT2D eigenvalue weighted by Gasteiger charge is 2.32. The number of methoxy groups -OCH3 is 2. The summed E-state index contributed by atoms with van der Waals surface area (Å²) >= 11 is 1.26. The van der Waals surface area contributed by atoms with Crippen LogP contribution in [0.3, 0.4) is 0 Å². The molecule has 0 aliphatic heterocycles. The molecule has 0 saturated carbocycles. The largest absolute Gasteiger partial charge is 0.497 e. The summed E-state index contributed by atoms with van der Waals surface area (Å²) in [5, 5.41) is 3.52. The highest BCUT2D eigenvalue weighted by atomic mass is 32.2. The second kappa shape index (κ2) is 13.8. The molecule has 1 aromatic heterocycles. The molecule has 0 bridgehead atoms. The number of hydrogen-bond donors (Lipinski definition) is 1. The van der Waals surface area contributed by atoms with Gasteiger partial charge in [-0.3, -0.25) is 9.59 Å². The maximum absolute atomic E-state index is 14.0. The number of nitrogens with one attached hydrogen (secondary N) is 1. The normalized spacial score (nSPS) is 11.4. The number of anilines is 1. The van der Waals surface area contributed by atoms with Gasteiger partial charge < -0.3 is 19.7 Å². The van der Waals surface area contributed by atoms with Gasteiger partial charge in [-0.25, -0.2) is 9.97 Å². The molecule has 1 unspecified atom stereocenters. The van der Waals surface area contributed by atoms with Crippen LogP contribution in [0.2, 0.25) is 0 Å². The van der Waals surface area contributed by atoms with E-state index in [-0.39, 0.29) is 24.1 Å². The van der Waals surface area contributed by atoms with E-state index in [2.05, 4.69) is 15.3 Å². The summed E-state index contributed by atoms with van der Waals surface area (Å²) in [5.74, 6) is 0.845. The number of rotatable bonds is 11. The summed E-state index contributed by atoms with van der Waals surface area (Å²) in [6.45, 7) is 6.03. The third kappa shape index (κ3) is 7.85. The number of carbonyl (C=O) groups is 2. The zero-order valence-electron chi connectivity index (χ0n) is 23.9. The average molecular weight is 571 g/mol. The van der Waals surface area contributed by atoms with Gasteiger partial charge in [0.2, 0.25) is 5.91 Å². The number of carbonyl (C=O) groups excluding carboxylic acids is 2. The lowest BCUT2D eigenvalue weighted by Gasteiger charge is -2.32. The van der Waals surface area contributed by atoms with Crippen LogP contribution in [0, 0.1) is 20.8 Å². The van der Waals surface area contributed by atoms with E-state index in [1.807, 2.05) is 63.2 Å². The molecule has 0 spiro atoms. The number of hydrogen-bond acceptors (Lipinski definition) is 7. The third-order valence-corrected chi connectivity index (χ3v) is 7.39. The first kappa shape index (κ1) is 29.6. The molecule has 0 aliphatic carbocycles. The van der Waals surface area contributed by atoms with Crippen molar-refractivity contribution in [2.75, 3.05) is 25.3 Å². The number of benzene rings is 3. The number of aromatic nitrogens is 2. The van der Waals surface area contributed by atoms with Crippen LogP contribution in [-0.4, -0.2) is 46.7 Å². The van der Waals surface area contributed by atoms with Crippen molar-refractivity contribution in [2.45, 2.75) is 38.5 Å². The van der Waals surface area contributed by atoms with Gasteiger partial charge in [0.05, 0.1) is 20.0 Å². The molecule has 4 aromatic rings. The molecule has 1 heterocycles. The average Bonchev–Trinajstić information content (AvgIpc) is 2.97. The molecule has 0 fully saturated rings. The van der Waals surface area contributed by atoms with E-state index in [1.54, 1.807) is 55.5 Å². The number of nitrogens with zero attached hydrogens (tertiary/aromatic N) is 3. The lowest BCUT2D eigenvalue weighted by atomic mass is 10.0.